The highest BCUT2D eigenvalue weighted by molar-refractivity contribution is 7.92. The Balaban J connectivity index is 2.28. The molecule has 0 bridgehead atoms. The van der Waals surface area contributed by atoms with Crippen LogP contribution in [-0.4, -0.2) is 40.0 Å². The first-order valence-corrected chi connectivity index (χ1v) is 9.07. The average Bonchev–Trinajstić information content (AvgIpc) is 2.65. The molecule has 2 rings (SSSR count). The number of nitrogens with one attached hydrogen (secondary N) is 1. The number of nitrogens with zero attached hydrogens (tertiary/aromatic N) is 1. The van der Waals surface area contributed by atoms with Crippen molar-refractivity contribution in [1.82, 2.24) is 5.32 Å². The number of primary amides is 1. The van der Waals surface area contributed by atoms with Crippen LogP contribution in [0.15, 0.2) is 59.5 Å². The number of carbonyl (C=O) groups is 3. The lowest BCUT2D eigenvalue weighted by molar-refractivity contribution is -0.123. The second kappa shape index (κ2) is 8.32. The Labute approximate surface area is 155 Å². The summed E-state index contributed by atoms with van der Waals surface area (Å²) in [7, 11) is -2.71. The molecule has 0 heterocycles. The lowest BCUT2D eigenvalue weighted by Crippen LogP contribution is -2.38. The van der Waals surface area contributed by atoms with Crippen molar-refractivity contribution in [3.05, 3.63) is 60.2 Å². The number of imide groups is 1. The topological polar surface area (TPSA) is 136 Å². The van der Waals surface area contributed by atoms with Crippen LogP contribution in [0, 0.1) is 0 Å². The van der Waals surface area contributed by atoms with Crippen LogP contribution in [-0.2, 0) is 19.6 Å². The van der Waals surface area contributed by atoms with Gasteiger partial charge < -0.3 is 10.5 Å². The molecular formula is C17H17N3O6S. The van der Waals surface area contributed by atoms with Gasteiger partial charge in [-0.25, -0.2) is 18.0 Å². The summed E-state index contributed by atoms with van der Waals surface area (Å²) in [5.41, 5.74) is 4.95. The number of hydrogen-bond donors (Lipinski definition) is 2. The fraction of sp³-hybridized carbons (Fsp3) is 0.118. The number of esters is 1. The smallest absolute Gasteiger partial charge is 0.340 e. The Morgan fingerprint density at radius 1 is 1.04 bits per heavy atom. The molecule has 0 saturated heterocycles. The molecule has 0 fully saturated rings. The van der Waals surface area contributed by atoms with Gasteiger partial charge in [0.05, 0.1) is 11.3 Å². The monoisotopic (exact) mass is 391 g/mol. The maximum atomic E-state index is 12.9. The lowest BCUT2D eigenvalue weighted by atomic mass is 10.2. The van der Waals surface area contributed by atoms with E-state index in [0.717, 1.165) is 4.31 Å². The van der Waals surface area contributed by atoms with Crippen molar-refractivity contribution in [3.8, 4) is 0 Å². The number of amides is 3. The molecule has 142 valence electrons. The predicted molar refractivity (Wildman–Crippen MR) is 96.5 cm³/mol. The molecule has 3 N–H and O–H groups in total. The van der Waals surface area contributed by atoms with Crippen LogP contribution in [0.1, 0.15) is 10.4 Å². The van der Waals surface area contributed by atoms with Crippen LogP contribution in [0.4, 0.5) is 10.5 Å². The molecule has 0 aromatic heterocycles. The molecule has 0 saturated carbocycles. The Morgan fingerprint density at radius 2 is 1.63 bits per heavy atom. The minimum atomic E-state index is -4.07. The number of ether oxygens (including phenoxy) is 1. The molecule has 2 aromatic rings. The first-order chi connectivity index (χ1) is 12.7. The number of benzene rings is 2. The van der Waals surface area contributed by atoms with Gasteiger partial charge in [-0.3, -0.25) is 14.4 Å². The zero-order valence-electron chi connectivity index (χ0n) is 14.3. The van der Waals surface area contributed by atoms with Gasteiger partial charge in [-0.1, -0.05) is 30.3 Å². The zero-order chi connectivity index (χ0) is 20.0. The molecule has 0 aliphatic rings. The average molecular weight is 391 g/mol. The van der Waals surface area contributed by atoms with Crippen LogP contribution < -0.4 is 15.4 Å². The summed E-state index contributed by atoms with van der Waals surface area (Å²) in [6, 6.07) is 12.7. The van der Waals surface area contributed by atoms with Crippen LogP contribution in [0.2, 0.25) is 0 Å². The molecule has 0 aliphatic heterocycles. The molecule has 0 radical (unpaired) electrons. The fourth-order valence-corrected chi connectivity index (χ4v) is 3.54. The zero-order valence-corrected chi connectivity index (χ0v) is 15.1. The van der Waals surface area contributed by atoms with Gasteiger partial charge in [0.25, 0.3) is 15.9 Å². The van der Waals surface area contributed by atoms with Crippen molar-refractivity contribution in [1.29, 1.82) is 0 Å². The van der Waals surface area contributed by atoms with E-state index in [-0.39, 0.29) is 10.5 Å². The van der Waals surface area contributed by atoms with Gasteiger partial charge in [-0.2, -0.15) is 0 Å². The summed E-state index contributed by atoms with van der Waals surface area (Å²) in [6.45, 7) is -0.787. The van der Waals surface area contributed by atoms with E-state index in [0.29, 0.717) is 5.69 Å². The second-order valence-corrected chi connectivity index (χ2v) is 7.23. The molecule has 0 unspecified atom stereocenters. The Morgan fingerprint density at radius 3 is 2.26 bits per heavy atom. The van der Waals surface area contributed by atoms with Crippen LogP contribution >= 0.6 is 0 Å². The van der Waals surface area contributed by atoms with E-state index in [2.05, 4.69) is 0 Å². The highest BCUT2D eigenvalue weighted by Gasteiger charge is 2.27. The molecule has 0 aliphatic carbocycles. The highest BCUT2D eigenvalue weighted by Crippen LogP contribution is 2.24. The van der Waals surface area contributed by atoms with Crippen molar-refractivity contribution in [2.45, 2.75) is 4.90 Å². The van der Waals surface area contributed by atoms with Crippen molar-refractivity contribution < 1.29 is 27.5 Å². The fourth-order valence-electron chi connectivity index (χ4n) is 2.17. The molecular weight excluding hydrogens is 374 g/mol. The molecule has 0 spiro atoms. The summed E-state index contributed by atoms with van der Waals surface area (Å²) in [6.07, 6.45) is 0. The second-order valence-electron chi connectivity index (χ2n) is 5.29. The van der Waals surface area contributed by atoms with Gasteiger partial charge in [0, 0.05) is 7.05 Å². The maximum Gasteiger partial charge on any atom is 0.340 e. The third-order valence-corrected chi connectivity index (χ3v) is 5.31. The highest BCUT2D eigenvalue weighted by atomic mass is 32.2. The summed E-state index contributed by atoms with van der Waals surface area (Å²) in [5, 5.41) is 1.73. The summed E-state index contributed by atoms with van der Waals surface area (Å²) >= 11 is 0. The lowest BCUT2D eigenvalue weighted by Gasteiger charge is -2.20. The Bertz CT molecular complexity index is 960. The van der Waals surface area contributed by atoms with E-state index in [1.54, 1.807) is 35.6 Å². The molecule has 9 nitrogen and oxygen atoms in total. The van der Waals surface area contributed by atoms with Gasteiger partial charge >= 0.3 is 12.0 Å². The SMILES string of the molecule is CN(c1ccccc1)S(=O)(=O)c1ccccc1C(=O)OCC(=O)NC(N)=O. The number of rotatable bonds is 6. The predicted octanol–water partition coefficient (Wildman–Crippen LogP) is 0.863. The number of hydrogen-bond acceptors (Lipinski definition) is 6. The number of para-hydroxylation sites is 1. The number of carbonyl (C=O) groups excluding carboxylic acids is 3. The molecule has 27 heavy (non-hydrogen) atoms. The summed E-state index contributed by atoms with van der Waals surface area (Å²) in [5.74, 6) is -1.96. The standard InChI is InChI=1S/C17H17N3O6S/c1-20(12-7-3-2-4-8-12)27(24,25)14-10-6-5-9-13(14)16(22)26-11-15(21)19-17(18)23/h2-10H,11H2,1H3,(H3,18,19,21,23). The Kier molecular flexibility index (Phi) is 6.14. The minimum absolute atomic E-state index is 0.243. The van der Waals surface area contributed by atoms with Crippen molar-refractivity contribution in [2.75, 3.05) is 18.0 Å². The molecule has 2 aromatic carbocycles. The third kappa shape index (κ3) is 4.82. The van der Waals surface area contributed by atoms with E-state index in [1.807, 2.05) is 0 Å². The van der Waals surface area contributed by atoms with E-state index in [4.69, 9.17) is 10.5 Å². The van der Waals surface area contributed by atoms with Gasteiger partial charge in [-0.15, -0.1) is 0 Å². The van der Waals surface area contributed by atoms with Crippen LogP contribution in [0.3, 0.4) is 0 Å². The van der Waals surface area contributed by atoms with E-state index in [9.17, 15) is 22.8 Å². The van der Waals surface area contributed by atoms with E-state index >= 15 is 0 Å². The maximum absolute atomic E-state index is 12.9. The largest absolute Gasteiger partial charge is 0.452 e. The number of anilines is 1. The molecule has 10 heteroatoms. The van der Waals surface area contributed by atoms with Crippen LogP contribution in [0.25, 0.3) is 0 Å². The van der Waals surface area contributed by atoms with Gasteiger partial charge in [0.2, 0.25) is 0 Å². The molecule has 0 atom stereocenters. The summed E-state index contributed by atoms with van der Waals surface area (Å²) in [4.78, 5) is 33.9. The van der Waals surface area contributed by atoms with Crippen molar-refractivity contribution >= 4 is 33.6 Å². The van der Waals surface area contributed by atoms with Gasteiger partial charge in [-0.05, 0) is 24.3 Å². The Hall–Kier alpha value is -3.40. The number of urea groups is 1. The minimum Gasteiger partial charge on any atom is -0.452 e. The summed E-state index contributed by atoms with van der Waals surface area (Å²) < 4.78 is 31.6. The van der Waals surface area contributed by atoms with Crippen LogP contribution in [0.5, 0.6) is 0 Å². The molecule has 3 amide bonds. The number of sulfonamides is 1. The van der Waals surface area contributed by atoms with E-state index < -0.39 is 34.5 Å². The first-order valence-electron chi connectivity index (χ1n) is 7.63. The van der Waals surface area contributed by atoms with Crippen molar-refractivity contribution in [3.63, 3.8) is 0 Å². The third-order valence-electron chi connectivity index (χ3n) is 3.46. The van der Waals surface area contributed by atoms with E-state index in [1.165, 1.54) is 31.3 Å². The first kappa shape index (κ1) is 19.9. The van der Waals surface area contributed by atoms with Crippen molar-refractivity contribution in [2.24, 2.45) is 5.73 Å². The normalized spacial score (nSPS) is 10.7. The van der Waals surface area contributed by atoms with Gasteiger partial charge in [0.15, 0.2) is 6.61 Å². The quantitative estimate of drug-likeness (QED) is 0.701. The van der Waals surface area contributed by atoms with Gasteiger partial charge in [0.1, 0.15) is 4.90 Å². The number of nitrogens with two attached hydrogens (primary N) is 1.